The van der Waals surface area contributed by atoms with Gasteiger partial charge >= 0.3 is 0 Å². The van der Waals surface area contributed by atoms with Gasteiger partial charge in [0.1, 0.15) is 0 Å². The van der Waals surface area contributed by atoms with E-state index in [1.165, 1.54) is 0 Å². The van der Waals surface area contributed by atoms with E-state index in [1.807, 2.05) is 31.2 Å². The van der Waals surface area contributed by atoms with Crippen molar-refractivity contribution >= 4 is 5.91 Å². The van der Waals surface area contributed by atoms with Crippen LogP contribution in [-0.2, 0) is 4.79 Å². The lowest BCUT2D eigenvalue weighted by atomic mass is 10.3. The van der Waals surface area contributed by atoms with Crippen LogP contribution < -0.4 is 0 Å². The third kappa shape index (κ3) is 5.68. The molecule has 0 bridgehead atoms. The molecule has 0 heterocycles. The average molecular weight is 205 g/mol. The van der Waals surface area contributed by atoms with Gasteiger partial charge < -0.3 is 4.90 Å². The summed E-state index contributed by atoms with van der Waals surface area (Å²) in [4.78, 5) is 13.3. The highest BCUT2D eigenvalue weighted by Gasteiger charge is 2.09. The third-order valence-electron chi connectivity index (χ3n) is 1.85. The Hall–Kier alpha value is -1.57. The molecule has 2 nitrogen and oxygen atoms in total. The monoisotopic (exact) mass is 205 g/mol. The zero-order valence-electron chi connectivity index (χ0n) is 9.57. The highest BCUT2D eigenvalue weighted by Crippen LogP contribution is 1.98. The largest absolute Gasteiger partial charge is 0.336 e. The van der Waals surface area contributed by atoms with E-state index in [1.54, 1.807) is 17.9 Å². The molecular weight excluding hydrogens is 186 g/mol. The topological polar surface area (TPSA) is 20.3 Å². The number of likely N-dealkylation sites (N-methyl/N-ethyl adjacent to an activating group) is 1. The first-order valence-corrected chi connectivity index (χ1v) is 5.02. The van der Waals surface area contributed by atoms with Crippen molar-refractivity contribution in [1.29, 1.82) is 0 Å². The number of hydrogen-bond acceptors (Lipinski definition) is 1. The zero-order valence-corrected chi connectivity index (χ0v) is 9.57. The molecule has 0 aliphatic heterocycles. The van der Waals surface area contributed by atoms with Gasteiger partial charge in [0.05, 0.1) is 0 Å². The summed E-state index contributed by atoms with van der Waals surface area (Å²) >= 11 is 0. The molecule has 0 rings (SSSR count). The molecule has 0 radical (unpaired) electrons. The Morgan fingerprint density at radius 3 is 2.47 bits per heavy atom. The van der Waals surface area contributed by atoms with Crippen molar-refractivity contribution in [3.8, 4) is 0 Å². The fraction of sp³-hybridized carbons (Fsp3) is 0.308. The van der Waals surface area contributed by atoms with Crippen molar-refractivity contribution in [1.82, 2.24) is 4.90 Å². The molecule has 1 amide bonds. The second kappa shape index (κ2) is 7.80. The highest BCUT2D eigenvalue weighted by atomic mass is 16.2. The molecule has 0 aromatic rings. The molecule has 2 heteroatoms. The van der Waals surface area contributed by atoms with Crippen LogP contribution in [-0.4, -0.2) is 23.9 Å². The summed E-state index contributed by atoms with van der Waals surface area (Å²) in [7, 11) is 0. The SMILES string of the molecule is C=C/C=C\C=C/CN(CC)C(=O)C(=C)C. The first kappa shape index (κ1) is 13.4. The maximum Gasteiger partial charge on any atom is 0.249 e. The molecule has 0 N–H and O–H groups in total. The number of rotatable bonds is 6. The van der Waals surface area contributed by atoms with E-state index < -0.39 is 0 Å². The van der Waals surface area contributed by atoms with Crippen LogP contribution in [0, 0.1) is 0 Å². The molecular formula is C13H19NO. The summed E-state index contributed by atoms with van der Waals surface area (Å²) in [5.41, 5.74) is 0.576. The summed E-state index contributed by atoms with van der Waals surface area (Å²) in [5, 5.41) is 0. The minimum atomic E-state index is 0.00912. The van der Waals surface area contributed by atoms with Crippen molar-refractivity contribution in [2.45, 2.75) is 13.8 Å². The first-order valence-electron chi connectivity index (χ1n) is 5.02. The van der Waals surface area contributed by atoms with Crippen LogP contribution in [0.15, 0.2) is 49.1 Å². The Labute approximate surface area is 92.3 Å². The van der Waals surface area contributed by atoms with E-state index in [2.05, 4.69) is 13.2 Å². The number of carbonyl (C=O) groups excluding carboxylic acids is 1. The molecule has 0 aromatic carbocycles. The third-order valence-corrected chi connectivity index (χ3v) is 1.85. The normalized spacial score (nSPS) is 10.8. The zero-order chi connectivity index (χ0) is 11.7. The van der Waals surface area contributed by atoms with E-state index in [-0.39, 0.29) is 5.91 Å². The molecule has 15 heavy (non-hydrogen) atoms. The Kier molecular flexibility index (Phi) is 6.98. The predicted octanol–water partition coefficient (Wildman–Crippen LogP) is 2.71. The van der Waals surface area contributed by atoms with Gasteiger partial charge in [-0.05, 0) is 13.8 Å². The smallest absolute Gasteiger partial charge is 0.249 e. The minimum absolute atomic E-state index is 0.00912. The predicted molar refractivity (Wildman–Crippen MR) is 65.5 cm³/mol. The van der Waals surface area contributed by atoms with Gasteiger partial charge in [-0.3, -0.25) is 4.79 Å². The van der Waals surface area contributed by atoms with Gasteiger partial charge in [0.15, 0.2) is 0 Å². The van der Waals surface area contributed by atoms with E-state index in [4.69, 9.17) is 0 Å². The van der Waals surface area contributed by atoms with Crippen LogP contribution in [0.4, 0.5) is 0 Å². The standard InChI is InChI=1S/C13H19NO/c1-5-7-8-9-10-11-14(6-2)13(15)12(3)4/h5,7-10H,1,3,6,11H2,2,4H3/b8-7-,10-9-. The van der Waals surface area contributed by atoms with Gasteiger partial charge in [0, 0.05) is 18.7 Å². The summed E-state index contributed by atoms with van der Waals surface area (Å²) in [6.07, 6.45) is 9.26. The van der Waals surface area contributed by atoms with Crippen molar-refractivity contribution < 1.29 is 4.79 Å². The summed E-state index contributed by atoms with van der Waals surface area (Å²) in [6, 6.07) is 0. The minimum Gasteiger partial charge on any atom is -0.336 e. The Morgan fingerprint density at radius 2 is 2.00 bits per heavy atom. The maximum atomic E-state index is 11.6. The van der Waals surface area contributed by atoms with E-state index in [0.29, 0.717) is 18.7 Å². The average Bonchev–Trinajstić information content (AvgIpc) is 2.22. The first-order chi connectivity index (χ1) is 7.13. The lowest BCUT2D eigenvalue weighted by molar-refractivity contribution is -0.126. The number of carbonyl (C=O) groups is 1. The van der Waals surface area contributed by atoms with Crippen LogP contribution in [0.3, 0.4) is 0 Å². The fourth-order valence-corrected chi connectivity index (χ4v) is 1.03. The lowest BCUT2D eigenvalue weighted by Gasteiger charge is -2.18. The Bertz CT molecular complexity index is 287. The van der Waals surface area contributed by atoms with Gasteiger partial charge in [-0.1, -0.05) is 43.5 Å². The van der Waals surface area contributed by atoms with E-state index in [0.717, 1.165) is 0 Å². The van der Waals surface area contributed by atoms with Gasteiger partial charge in [-0.25, -0.2) is 0 Å². The fourth-order valence-electron chi connectivity index (χ4n) is 1.03. The molecule has 0 spiro atoms. The van der Waals surface area contributed by atoms with Crippen molar-refractivity contribution in [3.05, 3.63) is 49.1 Å². The number of hydrogen-bond donors (Lipinski definition) is 0. The molecule has 0 aliphatic rings. The van der Waals surface area contributed by atoms with Crippen LogP contribution in [0.2, 0.25) is 0 Å². The van der Waals surface area contributed by atoms with Crippen molar-refractivity contribution in [3.63, 3.8) is 0 Å². The summed E-state index contributed by atoms with van der Waals surface area (Å²) < 4.78 is 0. The van der Waals surface area contributed by atoms with Gasteiger partial charge in [0.25, 0.3) is 0 Å². The highest BCUT2D eigenvalue weighted by molar-refractivity contribution is 5.92. The van der Waals surface area contributed by atoms with Gasteiger partial charge in [0.2, 0.25) is 5.91 Å². The van der Waals surface area contributed by atoms with Crippen LogP contribution in [0.5, 0.6) is 0 Å². The Balaban J connectivity index is 4.17. The quantitative estimate of drug-likeness (QED) is 0.482. The number of amides is 1. The van der Waals surface area contributed by atoms with Gasteiger partial charge in [-0.2, -0.15) is 0 Å². The van der Waals surface area contributed by atoms with E-state index >= 15 is 0 Å². The molecule has 0 aromatic heterocycles. The van der Waals surface area contributed by atoms with Crippen LogP contribution in [0.1, 0.15) is 13.8 Å². The lowest BCUT2D eigenvalue weighted by Crippen LogP contribution is -2.31. The van der Waals surface area contributed by atoms with Crippen molar-refractivity contribution in [2.75, 3.05) is 13.1 Å². The van der Waals surface area contributed by atoms with Crippen LogP contribution in [0.25, 0.3) is 0 Å². The molecule has 0 atom stereocenters. The second-order valence-corrected chi connectivity index (χ2v) is 3.17. The van der Waals surface area contributed by atoms with Crippen molar-refractivity contribution in [2.24, 2.45) is 0 Å². The molecule has 0 saturated carbocycles. The molecule has 0 unspecified atom stereocenters. The Morgan fingerprint density at radius 1 is 1.33 bits per heavy atom. The van der Waals surface area contributed by atoms with E-state index in [9.17, 15) is 4.79 Å². The second-order valence-electron chi connectivity index (χ2n) is 3.17. The number of nitrogens with zero attached hydrogens (tertiary/aromatic N) is 1. The number of allylic oxidation sites excluding steroid dienone is 4. The molecule has 82 valence electrons. The summed E-state index contributed by atoms with van der Waals surface area (Å²) in [6.45, 7) is 12.2. The van der Waals surface area contributed by atoms with Crippen LogP contribution >= 0.6 is 0 Å². The van der Waals surface area contributed by atoms with Gasteiger partial charge in [-0.15, -0.1) is 0 Å². The molecule has 0 saturated heterocycles. The molecule has 0 aliphatic carbocycles. The maximum absolute atomic E-state index is 11.6. The molecule has 0 fully saturated rings. The summed E-state index contributed by atoms with van der Waals surface area (Å²) in [5.74, 6) is 0.00912.